The van der Waals surface area contributed by atoms with Crippen LogP contribution in [0.5, 0.6) is 0 Å². The molecule has 0 spiro atoms. The first-order valence-corrected chi connectivity index (χ1v) is 7.10. The van der Waals surface area contributed by atoms with Crippen molar-refractivity contribution in [3.8, 4) is 0 Å². The first-order chi connectivity index (χ1) is 8.31. The number of carbonyl (C=O) groups is 1. The maximum atomic E-state index is 10.7. The van der Waals surface area contributed by atoms with Crippen molar-refractivity contribution in [2.75, 3.05) is 6.61 Å². The average molecular weight is 263 g/mol. The summed E-state index contributed by atoms with van der Waals surface area (Å²) in [4.78, 5) is 10.7. The Morgan fingerprint density at radius 3 is 1.83 bits per heavy atom. The fraction of sp³-hybridized carbons (Fsp3) is 0.800. The summed E-state index contributed by atoms with van der Waals surface area (Å²) in [5, 5.41) is 0. The zero-order valence-electron chi connectivity index (χ0n) is 12.4. The van der Waals surface area contributed by atoms with Gasteiger partial charge in [0.1, 0.15) is 0 Å². The minimum Gasteiger partial charge on any atom is -0.463 e. The Kier molecular flexibility index (Phi) is 19.6. The van der Waals surface area contributed by atoms with Crippen LogP contribution < -0.4 is 0 Å². The summed E-state index contributed by atoms with van der Waals surface area (Å²) in [7, 11) is 0. The fourth-order valence-electron chi connectivity index (χ4n) is 1.82. The minimum atomic E-state index is -0.305. The van der Waals surface area contributed by atoms with Gasteiger partial charge in [-0.05, 0) is 6.42 Å². The third kappa shape index (κ3) is 16.2. The molecule has 0 aromatic rings. The third-order valence-electron chi connectivity index (χ3n) is 2.91. The molecule has 2 nitrogen and oxygen atoms in total. The van der Waals surface area contributed by atoms with Gasteiger partial charge in [0.25, 0.3) is 0 Å². The van der Waals surface area contributed by atoms with E-state index in [2.05, 4.69) is 13.5 Å². The van der Waals surface area contributed by atoms with Crippen molar-refractivity contribution in [3.05, 3.63) is 12.7 Å². The normalized spacial score (nSPS) is 9.61. The largest absolute Gasteiger partial charge is 0.463 e. The van der Waals surface area contributed by atoms with E-state index in [0.29, 0.717) is 6.61 Å². The van der Waals surface area contributed by atoms with Crippen molar-refractivity contribution in [1.29, 1.82) is 0 Å². The zero-order chi connectivity index (χ0) is 12.8. The van der Waals surface area contributed by atoms with Crippen LogP contribution in [-0.4, -0.2) is 42.1 Å². The minimum absolute atomic E-state index is 0. The quantitative estimate of drug-likeness (QED) is 0.228. The van der Waals surface area contributed by atoms with Gasteiger partial charge in [-0.15, -0.1) is 0 Å². The van der Waals surface area contributed by atoms with Gasteiger partial charge in [0.05, 0.1) is 6.61 Å². The summed E-state index contributed by atoms with van der Waals surface area (Å²) in [5.41, 5.74) is 0. The summed E-state index contributed by atoms with van der Waals surface area (Å²) in [6, 6.07) is 0. The predicted octanol–water partition coefficient (Wildman–Crippen LogP) is 4.26. The molecule has 0 rings (SSSR count). The molecule has 0 fully saturated rings. The van der Waals surface area contributed by atoms with Gasteiger partial charge in [-0.1, -0.05) is 71.3 Å². The molecule has 0 aliphatic heterocycles. The van der Waals surface area contributed by atoms with Crippen LogP contribution in [0.3, 0.4) is 0 Å². The van der Waals surface area contributed by atoms with Gasteiger partial charge < -0.3 is 4.74 Å². The summed E-state index contributed by atoms with van der Waals surface area (Å²) < 4.78 is 4.91. The Balaban J connectivity index is 0. The molecule has 0 heterocycles. The molecular formula is C15H28NaO2. The van der Waals surface area contributed by atoms with Crippen LogP contribution in [0.4, 0.5) is 0 Å². The van der Waals surface area contributed by atoms with E-state index in [1.165, 1.54) is 63.9 Å². The standard InChI is InChI=1S/C15H28O2.Na/c1-3-5-6-7-8-9-10-11-12-13-14-17-15(16)4-2;/h4H,2-3,5-14H2,1H3;. The molecule has 0 N–H and O–H groups in total. The molecule has 101 valence electrons. The van der Waals surface area contributed by atoms with Gasteiger partial charge in [-0.25, -0.2) is 4.79 Å². The van der Waals surface area contributed by atoms with Crippen LogP contribution >= 0.6 is 0 Å². The molecule has 0 unspecified atom stereocenters. The number of hydrogen-bond donors (Lipinski definition) is 0. The van der Waals surface area contributed by atoms with Crippen LogP contribution in [0, 0.1) is 0 Å². The van der Waals surface area contributed by atoms with Gasteiger partial charge in [-0.3, -0.25) is 0 Å². The Morgan fingerprint density at radius 2 is 1.39 bits per heavy atom. The SMILES string of the molecule is C=CC(=O)OCCCCCCCCCCCC.[Na]. The average Bonchev–Trinajstić information content (AvgIpc) is 2.35. The van der Waals surface area contributed by atoms with Crippen LogP contribution in [0.1, 0.15) is 71.1 Å². The molecule has 0 aliphatic carbocycles. The van der Waals surface area contributed by atoms with Crippen LogP contribution in [0.2, 0.25) is 0 Å². The van der Waals surface area contributed by atoms with Crippen LogP contribution in [-0.2, 0) is 9.53 Å². The predicted molar refractivity (Wildman–Crippen MR) is 78.8 cm³/mol. The molecule has 0 aliphatic rings. The third-order valence-corrected chi connectivity index (χ3v) is 2.91. The first kappa shape index (κ1) is 20.5. The van der Waals surface area contributed by atoms with Crippen molar-refractivity contribution in [3.63, 3.8) is 0 Å². The molecule has 0 atom stereocenters. The molecule has 1 radical (unpaired) electrons. The van der Waals surface area contributed by atoms with Gasteiger partial charge in [-0.2, -0.15) is 0 Å². The smallest absolute Gasteiger partial charge is 0.330 e. The monoisotopic (exact) mass is 263 g/mol. The van der Waals surface area contributed by atoms with Gasteiger partial charge in [0.15, 0.2) is 0 Å². The van der Waals surface area contributed by atoms with E-state index >= 15 is 0 Å². The zero-order valence-corrected chi connectivity index (χ0v) is 14.4. The summed E-state index contributed by atoms with van der Waals surface area (Å²) in [6.45, 7) is 6.15. The van der Waals surface area contributed by atoms with Gasteiger partial charge >= 0.3 is 5.97 Å². The number of esters is 1. The number of ether oxygens (including phenoxy) is 1. The molecule has 0 aromatic carbocycles. The van der Waals surface area contributed by atoms with Crippen molar-refractivity contribution < 1.29 is 9.53 Å². The molecule has 0 bridgehead atoms. The molecule has 18 heavy (non-hydrogen) atoms. The Morgan fingerprint density at radius 1 is 0.944 bits per heavy atom. The van der Waals surface area contributed by atoms with E-state index in [1.807, 2.05) is 0 Å². The summed E-state index contributed by atoms with van der Waals surface area (Å²) >= 11 is 0. The van der Waals surface area contributed by atoms with Gasteiger partial charge in [0.2, 0.25) is 0 Å². The number of hydrogen-bond acceptors (Lipinski definition) is 2. The number of carbonyl (C=O) groups excluding carboxylic acids is 1. The van der Waals surface area contributed by atoms with Gasteiger partial charge in [0, 0.05) is 35.6 Å². The molecular weight excluding hydrogens is 235 g/mol. The maximum Gasteiger partial charge on any atom is 0.330 e. The molecule has 3 heteroatoms. The number of unbranched alkanes of at least 4 members (excludes halogenated alkanes) is 9. The maximum absolute atomic E-state index is 10.7. The van der Waals surface area contributed by atoms with Crippen molar-refractivity contribution in [1.82, 2.24) is 0 Å². The van der Waals surface area contributed by atoms with E-state index in [0.717, 1.165) is 6.42 Å². The Labute approximate surface area is 135 Å². The van der Waals surface area contributed by atoms with E-state index < -0.39 is 0 Å². The Bertz CT molecular complexity index is 193. The summed E-state index contributed by atoms with van der Waals surface area (Å²) in [5.74, 6) is -0.305. The van der Waals surface area contributed by atoms with Crippen molar-refractivity contribution in [2.45, 2.75) is 71.1 Å². The second-order valence-electron chi connectivity index (χ2n) is 4.55. The fourth-order valence-corrected chi connectivity index (χ4v) is 1.82. The molecule has 0 saturated carbocycles. The molecule has 0 saturated heterocycles. The molecule has 0 amide bonds. The second-order valence-corrected chi connectivity index (χ2v) is 4.55. The van der Waals surface area contributed by atoms with Crippen molar-refractivity contribution >= 4 is 35.5 Å². The van der Waals surface area contributed by atoms with Crippen LogP contribution in [0.15, 0.2) is 12.7 Å². The van der Waals surface area contributed by atoms with E-state index in [1.54, 1.807) is 0 Å². The van der Waals surface area contributed by atoms with E-state index in [-0.39, 0.29) is 35.5 Å². The number of rotatable bonds is 12. The van der Waals surface area contributed by atoms with E-state index in [9.17, 15) is 4.79 Å². The first-order valence-electron chi connectivity index (χ1n) is 7.10. The van der Waals surface area contributed by atoms with E-state index in [4.69, 9.17) is 4.74 Å². The van der Waals surface area contributed by atoms with Crippen LogP contribution in [0.25, 0.3) is 0 Å². The molecule has 0 aromatic heterocycles. The van der Waals surface area contributed by atoms with Crippen molar-refractivity contribution in [2.24, 2.45) is 0 Å². The topological polar surface area (TPSA) is 26.3 Å². The Hall–Kier alpha value is 0.210. The summed E-state index contributed by atoms with van der Waals surface area (Å²) in [6.07, 6.45) is 14.2. The second kappa shape index (κ2) is 17.2.